The highest BCUT2D eigenvalue weighted by molar-refractivity contribution is 6.31. The molecule has 166 valence electrons. The molecule has 10 heteroatoms. The van der Waals surface area contributed by atoms with Gasteiger partial charge in [0.1, 0.15) is 0 Å². The van der Waals surface area contributed by atoms with E-state index in [0.29, 0.717) is 16.8 Å². The van der Waals surface area contributed by atoms with Crippen molar-refractivity contribution in [2.24, 2.45) is 13.0 Å². The summed E-state index contributed by atoms with van der Waals surface area (Å²) < 4.78 is 41.3. The topological polar surface area (TPSA) is 82.8 Å². The van der Waals surface area contributed by atoms with Gasteiger partial charge < -0.3 is 16.0 Å². The summed E-state index contributed by atoms with van der Waals surface area (Å²) in [4.78, 5) is 12.7. The first-order valence-electron chi connectivity index (χ1n) is 10.1. The molecule has 1 heterocycles. The maximum atomic E-state index is 13.2. The third-order valence-corrected chi connectivity index (χ3v) is 6.36. The first-order chi connectivity index (χ1) is 14.6. The quantitative estimate of drug-likeness (QED) is 0.557. The van der Waals surface area contributed by atoms with Gasteiger partial charge in [0.25, 0.3) is 5.91 Å². The van der Waals surface area contributed by atoms with E-state index in [2.05, 4.69) is 15.7 Å². The number of nitrogens with zero attached hydrogens (tertiary/aromatic N) is 2. The number of hydrogen-bond acceptors (Lipinski definition) is 4. The fraction of sp³-hybridized carbons (Fsp3) is 0.476. The summed E-state index contributed by atoms with van der Waals surface area (Å²) in [5.74, 6) is -0.298. The Morgan fingerprint density at radius 3 is 2.45 bits per heavy atom. The van der Waals surface area contributed by atoms with E-state index >= 15 is 0 Å². The van der Waals surface area contributed by atoms with Crippen molar-refractivity contribution in [3.05, 3.63) is 51.3 Å². The molecule has 0 bridgehead atoms. The van der Waals surface area contributed by atoms with Gasteiger partial charge in [-0.25, -0.2) is 0 Å². The molecule has 0 radical (unpaired) electrons. The third kappa shape index (κ3) is 3.74. The Kier molecular flexibility index (Phi) is 5.37. The fourth-order valence-corrected chi connectivity index (χ4v) is 4.62. The number of amides is 1. The van der Waals surface area contributed by atoms with Gasteiger partial charge in [0.05, 0.1) is 21.8 Å². The number of halogens is 4. The molecule has 2 saturated carbocycles. The largest absolute Gasteiger partial charge is 0.417 e. The predicted molar refractivity (Wildman–Crippen MR) is 111 cm³/mol. The van der Waals surface area contributed by atoms with Crippen LogP contribution >= 0.6 is 11.6 Å². The molecule has 1 unspecified atom stereocenters. The number of carbonyl (C=O) groups is 1. The summed E-state index contributed by atoms with van der Waals surface area (Å²) in [7, 11) is 3.39. The van der Waals surface area contributed by atoms with Crippen molar-refractivity contribution >= 4 is 23.7 Å². The van der Waals surface area contributed by atoms with Crippen LogP contribution < -0.4 is 10.6 Å². The molecule has 1 aromatic heterocycles. The van der Waals surface area contributed by atoms with E-state index in [1.807, 2.05) is 0 Å². The van der Waals surface area contributed by atoms with Crippen molar-refractivity contribution in [2.45, 2.75) is 43.4 Å². The van der Waals surface area contributed by atoms with Gasteiger partial charge in [-0.05, 0) is 56.3 Å². The third-order valence-electron chi connectivity index (χ3n) is 6.04. The zero-order valence-corrected chi connectivity index (χ0v) is 17.9. The van der Waals surface area contributed by atoms with E-state index in [0.717, 1.165) is 38.0 Å². The van der Waals surface area contributed by atoms with Crippen LogP contribution in [-0.2, 0) is 18.8 Å². The van der Waals surface area contributed by atoms with Crippen LogP contribution in [0.3, 0.4) is 0 Å². The highest BCUT2D eigenvalue weighted by Crippen LogP contribution is 2.51. The zero-order chi connectivity index (χ0) is 22.6. The summed E-state index contributed by atoms with van der Waals surface area (Å²) in [5.41, 5.74) is -0.267. The summed E-state index contributed by atoms with van der Waals surface area (Å²) >= 11 is 6.04. The second kappa shape index (κ2) is 7.63. The van der Waals surface area contributed by atoms with E-state index in [-0.39, 0.29) is 23.6 Å². The molecule has 2 aliphatic carbocycles. The molecular weight excluding hydrogens is 431 g/mol. The van der Waals surface area contributed by atoms with Crippen LogP contribution in [0.5, 0.6) is 0 Å². The highest BCUT2D eigenvalue weighted by Gasteiger charge is 2.51. The number of aromatic nitrogens is 2. The molecule has 6 nitrogen and oxygen atoms in total. The number of alkyl halides is 3. The van der Waals surface area contributed by atoms with Gasteiger partial charge in [0.2, 0.25) is 0 Å². The second-order valence-corrected chi connectivity index (χ2v) is 8.56. The van der Waals surface area contributed by atoms with E-state index in [1.165, 1.54) is 12.1 Å². The second-order valence-electron chi connectivity index (χ2n) is 8.15. The lowest BCUT2D eigenvalue weighted by Gasteiger charge is -2.36. The number of nitrogens with one attached hydrogen (secondary N) is 3. The van der Waals surface area contributed by atoms with Crippen LogP contribution in [0.1, 0.15) is 58.6 Å². The number of hydrogen-bond donors (Lipinski definition) is 3. The van der Waals surface area contributed by atoms with Gasteiger partial charge >= 0.3 is 6.18 Å². The summed E-state index contributed by atoms with van der Waals surface area (Å²) in [6.07, 6.45) is 0.0375. The minimum Gasteiger partial charge on any atom is -0.348 e. The van der Waals surface area contributed by atoms with Crippen molar-refractivity contribution in [3.63, 3.8) is 0 Å². The Morgan fingerprint density at radius 1 is 1.29 bits per heavy atom. The number of carbonyl (C=O) groups excluding carboxylic acids is 1. The lowest BCUT2D eigenvalue weighted by molar-refractivity contribution is -0.137. The first kappa shape index (κ1) is 21.8. The zero-order valence-electron chi connectivity index (χ0n) is 17.1. The van der Waals surface area contributed by atoms with E-state index in [1.54, 1.807) is 18.8 Å². The fourth-order valence-electron chi connectivity index (χ4n) is 4.33. The van der Waals surface area contributed by atoms with Crippen LogP contribution in [0.15, 0.2) is 18.2 Å². The smallest absolute Gasteiger partial charge is 0.348 e. The molecule has 2 aliphatic rings. The molecule has 1 atom stereocenters. The van der Waals surface area contributed by atoms with Gasteiger partial charge in [-0.1, -0.05) is 17.7 Å². The first-order valence-corrected chi connectivity index (χ1v) is 10.5. The van der Waals surface area contributed by atoms with Gasteiger partial charge in [-0.15, -0.1) is 0 Å². The molecule has 3 N–H and O–H groups in total. The van der Waals surface area contributed by atoms with E-state index in [9.17, 15) is 18.0 Å². The SMILES string of the molecule is CNC(c1ccc(C(F)(F)F)c(Cl)c1)(c1c(C=N)c(C(=O)NC2CC2)nn1C)C1CC1. The molecular formula is C21H23ClF3N5O. The highest BCUT2D eigenvalue weighted by atomic mass is 35.5. The average molecular weight is 454 g/mol. The van der Waals surface area contributed by atoms with E-state index in [4.69, 9.17) is 17.0 Å². The Hall–Kier alpha value is -2.39. The molecule has 2 fully saturated rings. The molecule has 0 aliphatic heterocycles. The molecule has 0 saturated heterocycles. The van der Waals surface area contributed by atoms with Crippen molar-refractivity contribution in [3.8, 4) is 0 Å². The Morgan fingerprint density at radius 2 is 1.97 bits per heavy atom. The van der Waals surface area contributed by atoms with Gasteiger partial charge in [0.15, 0.2) is 5.69 Å². The molecule has 1 aromatic carbocycles. The number of rotatable bonds is 7. The minimum absolute atomic E-state index is 0.0544. The molecule has 31 heavy (non-hydrogen) atoms. The standard InChI is InChI=1S/C21H23ClF3N5O/c1-27-20(11-3-4-11,12-5-8-15(16(22)9-12)21(23,24)25)18-14(10-26)17(29-30(18)2)19(31)28-13-6-7-13/h5,8-11,13,26-27H,3-4,6-7H2,1-2H3,(H,28,31). The summed E-state index contributed by atoms with van der Waals surface area (Å²) in [6, 6.07) is 3.84. The van der Waals surface area contributed by atoms with Gasteiger partial charge in [0, 0.05) is 24.9 Å². The maximum Gasteiger partial charge on any atom is 0.417 e. The average Bonchev–Trinajstić information content (AvgIpc) is 3.62. The van der Waals surface area contributed by atoms with Gasteiger partial charge in [-0.3, -0.25) is 9.48 Å². The van der Waals surface area contributed by atoms with Crippen LogP contribution in [0.2, 0.25) is 5.02 Å². The van der Waals surface area contributed by atoms with Gasteiger partial charge in [-0.2, -0.15) is 18.3 Å². The van der Waals surface area contributed by atoms with Crippen LogP contribution in [-0.4, -0.2) is 35.0 Å². The van der Waals surface area contributed by atoms with Crippen LogP contribution in [0.4, 0.5) is 13.2 Å². The maximum absolute atomic E-state index is 13.2. The minimum atomic E-state index is -4.56. The van der Waals surface area contributed by atoms with Crippen LogP contribution in [0.25, 0.3) is 0 Å². The lowest BCUT2D eigenvalue weighted by Crippen LogP contribution is -2.45. The molecule has 2 aromatic rings. The monoisotopic (exact) mass is 453 g/mol. The molecule has 1 amide bonds. The molecule has 0 spiro atoms. The van der Waals surface area contributed by atoms with Crippen molar-refractivity contribution < 1.29 is 18.0 Å². The molecule has 4 rings (SSSR count). The van der Waals surface area contributed by atoms with E-state index < -0.39 is 22.3 Å². The Bertz CT molecular complexity index is 1040. The Balaban J connectivity index is 1.88. The normalized spacial score (nSPS) is 18.5. The Labute approximate surface area is 182 Å². The van der Waals surface area contributed by atoms with Crippen molar-refractivity contribution in [1.82, 2.24) is 20.4 Å². The van der Waals surface area contributed by atoms with Crippen molar-refractivity contribution in [2.75, 3.05) is 7.05 Å². The summed E-state index contributed by atoms with van der Waals surface area (Å²) in [5, 5.41) is 18.2. The predicted octanol–water partition coefficient (Wildman–Crippen LogP) is 3.86. The summed E-state index contributed by atoms with van der Waals surface area (Å²) in [6.45, 7) is 0. The van der Waals surface area contributed by atoms with Crippen LogP contribution in [0, 0.1) is 11.3 Å². The number of aryl methyl sites for hydroxylation is 1. The lowest BCUT2D eigenvalue weighted by atomic mass is 9.79. The number of benzene rings is 1. The van der Waals surface area contributed by atoms with Crippen molar-refractivity contribution in [1.29, 1.82) is 5.41 Å².